The molecule has 1 nitrogen and oxygen atoms in total. The fraction of sp³-hybridized carbons (Fsp3) is 0.500. The highest BCUT2D eigenvalue weighted by molar-refractivity contribution is 7.13. The van der Waals surface area contributed by atoms with Crippen molar-refractivity contribution in [1.82, 2.24) is 4.37 Å². The zero-order valence-corrected chi connectivity index (χ0v) is 12.1. The van der Waals surface area contributed by atoms with Crippen molar-refractivity contribution in [2.45, 2.75) is 48.0 Å². The lowest BCUT2D eigenvalue weighted by Gasteiger charge is -1.90. The Labute approximate surface area is 104 Å². The van der Waals surface area contributed by atoms with Gasteiger partial charge in [0, 0.05) is 5.39 Å². The Kier molecular flexibility index (Phi) is 7.82. The zero-order valence-electron chi connectivity index (χ0n) is 11.3. The van der Waals surface area contributed by atoms with Gasteiger partial charge in [0.25, 0.3) is 0 Å². The topological polar surface area (TPSA) is 12.9 Å². The average Bonchev–Trinajstić information content (AvgIpc) is 2.64. The quantitative estimate of drug-likeness (QED) is 0.601. The molecule has 0 unspecified atom stereocenters. The molecule has 0 aliphatic heterocycles. The van der Waals surface area contributed by atoms with Gasteiger partial charge in [-0.1, -0.05) is 46.2 Å². The average molecular weight is 237 g/mol. The fourth-order valence-corrected chi connectivity index (χ4v) is 2.06. The van der Waals surface area contributed by atoms with E-state index in [2.05, 4.69) is 43.3 Å². The smallest absolute Gasteiger partial charge is 0.0589 e. The Bertz CT molecular complexity index is 404. The largest absolute Gasteiger partial charge is 0.197 e. The van der Waals surface area contributed by atoms with E-state index in [1.54, 1.807) is 11.5 Å². The molecule has 0 bridgehead atoms. The van der Waals surface area contributed by atoms with Gasteiger partial charge < -0.3 is 0 Å². The van der Waals surface area contributed by atoms with E-state index in [0.29, 0.717) is 0 Å². The molecular weight excluding hydrogens is 214 g/mol. The van der Waals surface area contributed by atoms with Crippen molar-refractivity contribution in [2.75, 3.05) is 0 Å². The fourth-order valence-electron chi connectivity index (χ4n) is 1.17. The van der Waals surface area contributed by atoms with Gasteiger partial charge in [-0.2, -0.15) is 4.37 Å². The Balaban J connectivity index is 0.000000394. The number of nitrogens with zero attached hydrogens (tertiary/aromatic N) is 1. The van der Waals surface area contributed by atoms with Crippen LogP contribution in [0, 0.1) is 13.8 Å². The van der Waals surface area contributed by atoms with Crippen molar-refractivity contribution in [1.29, 1.82) is 0 Å². The molecule has 0 aliphatic carbocycles. The third kappa shape index (κ3) is 4.31. The van der Waals surface area contributed by atoms with Crippen LogP contribution in [0.4, 0.5) is 0 Å². The first kappa shape index (κ1) is 15.1. The maximum atomic E-state index is 4.28. The normalized spacial score (nSPS) is 8.88. The van der Waals surface area contributed by atoms with Crippen LogP contribution in [0.1, 0.15) is 45.4 Å². The van der Waals surface area contributed by atoms with Gasteiger partial charge in [-0.15, -0.1) is 0 Å². The second kappa shape index (κ2) is 8.28. The molecule has 2 rings (SSSR count). The number of fused-ring (bicyclic) bond motifs is 1. The van der Waals surface area contributed by atoms with Crippen LogP contribution < -0.4 is 0 Å². The second-order valence-corrected chi connectivity index (χ2v) is 4.28. The van der Waals surface area contributed by atoms with E-state index in [-0.39, 0.29) is 0 Å². The molecule has 0 saturated heterocycles. The van der Waals surface area contributed by atoms with Gasteiger partial charge in [0.15, 0.2) is 0 Å². The molecule has 1 heterocycles. The summed E-state index contributed by atoms with van der Waals surface area (Å²) >= 11 is 1.58. The zero-order chi connectivity index (χ0) is 12.6. The number of hydrogen-bond acceptors (Lipinski definition) is 2. The minimum Gasteiger partial charge on any atom is -0.197 e. The van der Waals surface area contributed by atoms with Crippen LogP contribution in [0.3, 0.4) is 0 Å². The molecule has 90 valence electrons. The molecular formula is C14H23NS. The van der Waals surface area contributed by atoms with Crippen LogP contribution in [-0.2, 0) is 0 Å². The van der Waals surface area contributed by atoms with Crippen LogP contribution in [-0.4, -0.2) is 4.37 Å². The number of aromatic nitrogens is 1. The Morgan fingerprint density at radius 3 is 2.25 bits per heavy atom. The first-order valence-electron chi connectivity index (χ1n) is 6.01. The second-order valence-electron chi connectivity index (χ2n) is 3.47. The Morgan fingerprint density at radius 2 is 1.69 bits per heavy atom. The summed E-state index contributed by atoms with van der Waals surface area (Å²) in [6, 6.07) is 6.45. The van der Waals surface area contributed by atoms with Crippen LogP contribution in [0.15, 0.2) is 18.2 Å². The van der Waals surface area contributed by atoms with Gasteiger partial charge in [-0.3, -0.25) is 0 Å². The first-order chi connectivity index (χ1) is 7.69. The molecule has 0 atom stereocenters. The van der Waals surface area contributed by atoms with Crippen LogP contribution in [0.25, 0.3) is 10.1 Å². The van der Waals surface area contributed by atoms with Crippen molar-refractivity contribution in [2.24, 2.45) is 0 Å². The predicted octanol–water partition coefficient (Wildman–Crippen LogP) is 5.36. The molecule has 0 N–H and O–H groups in total. The SMILES string of the molecule is CC.CCC.Cc1ccc2c(C)nsc2c1. The van der Waals surface area contributed by atoms with E-state index >= 15 is 0 Å². The third-order valence-electron chi connectivity index (χ3n) is 1.81. The molecule has 0 amide bonds. The standard InChI is InChI=1S/C9H9NS.C3H8.C2H6/c1-6-3-4-8-7(2)10-11-9(8)5-6;1-3-2;1-2/h3-5H,1-2H3;3H2,1-2H3;1-2H3. The first-order valence-corrected chi connectivity index (χ1v) is 6.79. The third-order valence-corrected chi connectivity index (χ3v) is 2.71. The highest BCUT2D eigenvalue weighted by Gasteiger charge is 1.99. The molecule has 1 aromatic carbocycles. The summed E-state index contributed by atoms with van der Waals surface area (Å²) in [4.78, 5) is 0. The van der Waals surface area contributed by atoms with Crippen LogP contribution in [0.5, 0.6) is 0 Å². The maximum Gasteiger partial charge on any atom is 0.0589 e. The van der Waals surface area contributed by atoms with Gasteiger partial charge in [0.2, 0.25) is 0 Å². The van der Waals surface area contributed by atoms with Crippen LogP contribution in [0.2, 0.25) is 0 Å². The lowest BCUT2D eigenvalue weighted by Crippen LogP contribution is -1.71. The molecule has 0 radical (unpaired) electrons. The summed E-state index contributed by atoms with van der Waals surface area (Å²) in [5, 5.41) is 1.29. The van der Waals surface area contributed by atoms with Gasteiger partial charge in [-0.05, 0) is 37.0 Å². The molecule has 0 fully saturated rings. The summed E-state index contributed by atoms with van der Waals surface area (Å²) < 4.78 is 5.57. The van der Waals surface area contributed by atoms with Crippen LogP contribution >= 0.6 is 11.5 Å². The Hall–Kier alpha value is -0.890. The lowest BCUT2D eigenvalue weighted by atomic mass is 10.2. The molecule has 2 heteroatoms. The highest BCUT2D eigenvalue weighted by Crippen LogP contribution is 2.22. The van der Waals surface area contributed by atoms with Crippen molar-refractivity contribution < 1.29 is 0 Å². The van der Waals surface area contributed by atoms with Gasteiger partial charge >= 0.3 is 0 Å². The summed E-state index contributed by atoms with van der Waals surface area (Å²) in [5.41, 5.74) is 2.45. The minimum absolute atomic E-state index is 1.14. The van der Waals surface area contributed by atoms with E-state index in [0.717, 1.165) is 5.69 Å². The van der Waals surface area contributed by atoms with Crippen molar-refractivity contribution in [3.8, 4) is 0 Å². The highest BCUT2D eigenvalue weighted by atomic mass is 32.1. The molecule has 0 saturated carbocycles. The van der Waals surface area contributed by atoms with Gasteiger partial charge in [0.05, 0.1) is 10.4 Å². The number of aryl methyl sites for hydroxylation is 2. The molecule has 1 aromatic heterocycles. The summed E-state index contributed by atoms with van der Waals surface area (Å²) in [5.74, 6) is 0. The lowest BCUT2D eigenvalue weighted by molar-refractivity contribution is 1.09. The van der Waals surface area contributed by atoms with E-state index < -0.39 is 0 Å². The van der Waals surface area contributed by atoms with Crippen molar-refractivity contribution in [3.63, 3.8) is 0 Å². The monoisotopic (exact) mass is 237 g/mol. The van der Waals surface area contributed by atoms with E-state index in [9.17, 15) is 0 Å². The van der Waals surface area contributed by atoms with E-state index in [1.807, 2.05) is 20.8 Å². The molecule has 2 aromatic rings. The Morgan fingerprint density at radius 1 is 1.12 bits per heavy atom. The molecule has 0 spiro atoms. The number of rotatable bonds is 0. The summed E-state index contributed by atoms with van der Waals surface area (Å²) in [6.07, 6.45) is 1.25. The summed E-state index contributed by atoms with van der Waals surface area (Å²) in [7, 11) is 0. The van der Waals surface area contributed by atoms with Gasteiger partial charge in [0.1, 0.15) is 0 Å². The molecule has 0 aliphatic rings. The number of benzene rings is 1. The van der Waals surface area contributed by atoms with Gasteiger partial charge in [-0.25, -0.2) is 0 Å². The molecule has 16 heavy (non-hydrogen) atoms. The van der Waals surface area contributed by atoms with E-state index in [4.69, 9.17) is 0 Å². The summed E-state index contributed by atoms with van der Waals surface area (Å²) in [6.45, 7) is 12.4. The van der Waals surface area contributed by atoms with Crippen molar-refractivity contribution >= 4 is 21.6 Å². The minimum atomic E-state index is 1.14. The van der Waals surface area contributed by atoms with Crippen molar-refractivity contribution in [3.05, 3.63) is 29.5 Å². The number of hydrogen-bond donors (Lipinski definition) is 0. The van der Waals surface area contributed by atoms with E-state index in [1.165, 1.54) is 22.1 Å². The maximum absolute atomic E-state index is 4.28. The predicted molar refractivity (Wildman–Crippen MR) is 76.4 cm³/mol.